The molecule has 0 saturated carbocycles. The van der Waals surface area contributed by atoms with Gasteiger partial charge >= 0.3 is 5.97 Å². The number of rotatable bonds is 4. The van der Waals surface area contributed by atoms with Crippen molar-refractivity contribution in [1.29, 1.82) is 0 Å². The Labute approximate surface area is 134 Å². The maximum absolute atomic E-state index is 13.1. The van der Waals surface area contributed by atoms with Crippen molar-refractivity contribution in [3.05, 3.63) is 41.8 Å². The molecule has 0 spiro atoms. The van der Waals surface area contributed by atoms with Crippen molar-refractivity contribution in [3.63, 3.8) is 0 Å². The third kappa shape index (κ3) is 3.12. The van der Waals surface area contributed by atoms with E-state index in [0.717, 1.165) is 29.8 Å². The van der Waals surface area contributed by atoms with Gasteiger partial charge in [0.1, 0.15) is 5.82 Å². The highest BCUT2D eigenvalue weighted by atomic mass is 19.1. The molecule has 122 valence electrons. The highest BCUT2D eigenvalue weighted by Crippen LogP contribution is 2.33. The van der Waals surface area contributed by atoms with E-state index in [9.17, 15) is 9.18 Å². The zero-order valence-corrected chi connectivity index (χ0v) is 13.3. The van der Waals surface area contributed by atoms with Crippen LogP contribution in [0.4, 0.5) is 4.39 Å². The van der Waals surface area contributed by atoms with E-state index in [1.54, 1.807) is 18.3 Å². The smallest absolute Gasteiger partial charge is 0.312 e. The van der Waals surface area contributed by atoms with Gasteiger partial charge in [0, 0.05) is 24.2 Å². The summed E-state index contributed by atoms with van der Waals surface area (Å²) in [6.45, 7) is 4.12. The number of esters is 1. The maximum atomic E-state index is 13.1. The van der Waals surface area contributed by atoms with Gasteiger partial charge in [0.2, 0.25) is 0 Å². The SMILES string of the molecule is COC(=O)[C@@]1(C)CCN(Cc2cn[nH]c2-c2ccc(F)cc2)C1. The first kappa shape index (κ1) is 15.7. The topological polar surface area (TPSA) is 58.2 Å². The average molecular weight is 317 g/mol. The molecule has 1 atom stereocenters. The molecule has 2 aromatic rings. The van der Waals surface area contributed by atoms with Crippen LogP contribution in [0.3, 0.4) is 0 Å². The largest absolute Gasteiger partial charge is 0.469 e. The van der Waals surface area contributed by atoms with Gasteiger partial charge in [0.25, 0.3) is 0 Å². The molecule has 1 N–H and O–H groups in total. The molecule has 0 bridgehead atoms. The fourth-order valence-corrected chi connectivity index (χ4v) is 3.14. The minimum atomic E-state index is -0.450. The molecule has 0 unspecified atom stereocenters. The second-order valence-electron chi connectivity index (χ2n) is 6.29. The number of carbonyl (C=O) groups is 1. The van der Waals surface area contributed by atoms with Gasteiger partial charge in [-0.05, 0) is 44.2 Å². The van der Waals surface area contributed by atoms with E-state index in [0.29, 0.717) is 13.1 Å². The van der Waals surface area contributed by atoms with Crippen molar-refractivity contribution in [2.75, 3.05) is 20.2 Å². The van der Waals surface area contributed by atoms with E-state index in [2.05, 4.69) is 15.1 Å². The number of H-pyrrole nitrogens is 1. The van der Waals surface area contributed by atoms with Crippen LogP contribution in [0.25, 0.3) is 11.3 Å². The van der Waals surface area contributed by atoms with E-state index in [-0.39, 0.29) is 11.8 Å². The number of carbonyl (C=O) groups excluding carboxylic acids is 1. The molecule has 0 aliphatic carbocycles. The van der Waals surface area contributed by atoms with Gasteiger partial charge in [-0.15, -0.1) is 0 Å². The number of aromatic amines is 1. The van der Waals surface area contributed by atoms with Crippen molar-refractivity contribution in [3.8, 4) is 11.3 Å². The summed E-state index contributed by atoms with van der Waals surface area (Å²) in [5.74, 6) is -0.422. The quantitative estimate of drug-likeness (QED) is 0.881. The molecule has 1 aromatic heterocycles. The lowest BCUT2D eigenvalue weighted by Crippen LogP contribution is -2.32. The van der Waals surface area contributed by atoms with E-state index in [4.69, 9.17) is 4.74 Å². The molecule has 0 amide bonds. The van der Waals surface area contributed by atoms with Crippen molar-refractivity contribution in [1.82, 2.24) is 15.1 Å². The van der Waals surface area contributed by atoms with E-state index >= 15 is 0 Å². The number of nitrogens with zero attached hydrogens (tertiary/aromatic N) is 2. The molecule has 1 fully saturated rings. The number of nitrogens with one attached hydrogen (secondary N) is 1. The summed E-state index contributed by atoms with van der Waals surface area (Å²) in [6.07, 6.45) is 2.57. The van der Waals surface area contributed by atoms with Crippen LogP contribution in [0, 0.1) is 11.2 Å². The second-order valence-corrected chi connectivity index (χ2v) is 6.29. The molecule has 1 aromatic carbocycles. The zero-order chi connectivity index (χ0) is 16.4. The summed E-state index contributed by atoms with van der Waals surface area (Å²) < 4.78 is 18.0. The number of ether oxygens (including phenoxy) is 1. The van der Waals surface area contributed by atoms with E-state index in [1.165, 1.54) is 19.2 Å². The van der Waals surface area contributed by atoms with Crippen LogP contribution in [0.5, 0.6) is 0 Å². The monoisotopic (exact) mass is 317 g/mol. The Balaban J connectivity index is 1.74. The number of likely N-dealkylation sites (tertiary alicyclic amines) is 1. The van der Waals surface area contributed by atoms with Crippen LogP contribution in [-0.2, 0) is 16.1 Å². The molecule has 1 aliphatic heterocycles. The minimum Gasteiger partial charge on any atom is -0.469 e. The van der Waals surface area contributed by atoms with Gasteiger partial charge in [-0.2, -0.15) is 5.10 Å². The third-order valence-electron chi connectivity index (χ3n) is 4.48. The maximum Gasteiger partial charge on any atom is 0.312 e. The van der Waals surface area contributed by atoms with Crippen molar-refractivity contribution in [2.24, 2.45) is 5.41 Å². The highest BCUT2D eigenvalue weighted by Gasteiger charge is 2.41. The number of methoxy groups -OCH3 is 1. The standard InChI is InChI=1S/C17H20FN3O2/c1-17(16(22)23-2)7-8-21(11-17)10-13-9-19-20-15(13)12-3-5-14(18)6-4-12/h3-6,9H,7-8,10-11H2,1-2H3,(H,19,20)/t17-/m0/s1. The Kier molecular flexibility index (Phi) is 4.17. The first-order valence-electron chi connectivity index (χ1n) is 7.61. The summed E-state index contributed by atoms with van der Waals surface area (Å²) in [4.78, 5) is 14.1. The summed E-state index contributed by atoms with van der Waals surface area (Å²) in [5, 5.41) is 7.09. The fraction of sp³-hybridized carbons (Fsp3) is 0.412. The Morgan fingerprint density at radius 1 is 1.43 bits per heavy atom. The molecule has 23 heavy (non-hydrogen) atoms. The summed E-state index contributed by atoms with van der Waals surface area (Å²) >= 11 is 0. The van der Waals surface area contributed by atoms with Crippen molar-refractivity contribution >= 4 is 5.97 Å². The zero-order valence-electron chi connectivity index (χ0n) is 13.3. The van der Waals surface area contributed by atoms with Crippen LogP contribution in [0.2, 0.25) is 0 Å². The fourth-order valence-electron chi connectivity index (χ4n) is 3.14. The molecule has 5 nitrogen and oxygen atoms in total. The predicted molar refractivity (Wildman–Crippen MR) is 84.0 cm³/mol. The third-order valence-corrected chi connectivity index (χ3v) is 4.48. The second kappa shape index (κ2) is 6.12. The van der Waals surface area contributed by atoms with Gasteiger partial charge in [-0.1, -0.05) is 0 Å². The normalized spacial score (nSPS) is 21.5. The number of halogens is 1. The van der Waals surface area contributed by atoms with Crippen LogP contribution < -0.4 is 0 Å². The van der Waals surface area contributed by atoms with Crippen molar-refractivity contribution < 1.29 is 13.9 Å². The van der Waals surface area contributed by atoms with Crippen molar-refractivity contribution in [2.45, 2.75) is 19.9 Å². The Hall–Kier alpha value is -2.21. The van der Waals surface area contributed by atoms with E-state index < -0.39 is 5.41 Å². The molecular weight excluding hydrogens is 297 g/mol. The Bertz CT molecular complexity index is 698. The van der Waals surface area contributed by atoms with Crippen LogP contribution in [0.1, 0.15) is 18.9 Å². The molecular formula is C17H20FN3O2. The van der Waals surface area contributed by atoms with Gasteiger partial charge < -0.3 is 4.74 Å². The lowest BCUT2D eigenvalue weighted by molar-refractivity contribution is -0.151. The Morgan fingerprint density at radius 3 is 2.87 bits per heavy atom. The predicted octanol–water partition coefficient (Wildman–Crippen LogP) is 2.60. The molecule has 2 heterocycles. The number of hydrogen-bond acceptors (Lipinski definition) is 4. The summed E-state index contributed by atoms with van der Waals surface area (Å²) in [5.41, 5.74) is 2.37. The van der Waals surface area contributed by atoms with Crippen LogP contribution in [0.15, 0.2) is 30.5 Å². The average Bonchev–Trinajstić information content (AvgIpc) is 3.15. The lowest BCUT2D eigenvalue weighted by atomic mass is 9.90. The summed E-state index contributed by atoms with van der Waals surface area (Å²) in [6, 6.07) is 6.33. The van der Waals surface area contributed by atoms with Gasteiger partial charge in [-0.3, -0.25) is 14.8 Å². The summed E-state index contributed by atoms with van der Waals surface area (Å²) in [7, 11) is 1.43. The number of benzene rings is 1. The molecule has 3 rings (SSSR count). The van der Waals surface area contributed by atoms with Gasteiger partial charge in [-0.25, -0.2) is 4.39 Å². The lowest BCUT2D eigenvalue weighted by Gasteiger charge is -2.21. The molecule has 1 saturated heterocycles. The van der Waals surface area contributed by atoms with Gasteiger partial charge in [0.05, 0.1) is 24.4 Å². The minimum absolute atomic E-state index is 0.161. The highest BCUT2D eigenvalue weighted by molar-refractivity contribution is 5.77. The Morgan fingerprint density at radius 2 is 2.17 bits per heavy atom. The molecule has 1 aliphatic rings. The first-order valence-corrected chi connectivity index (χ1v) is 7.61. The van der Waals surface area contributed by atoms with Crippen LogP contribution >= 0.6 is 0 Å². The number of hydrogen-bond donors (Lipinski definition) is 1. The first-order chi connectivity index (χ1) is 11.0. The van der Waals surface area contributed by atoms with E-state index in [1.807, 2.05) is 6.92 Å². The molecule has 6 heteroatoms. The van der Waals surface area contributed by atoms with Gasteiger partial charge in [0.15, 0.2) is 0 Å². The van der Waals surface area contributed by atoms with Crippen LogP contribution in [-0.4, -0.2) is 41.3 Å². The molecule has 0 radical (unpaired) electrons. The number of aromatic nitrogens is 2.